The molecule has 2 amide bonds. The van der Waals surface area contributed by atoms with Gasteiger partial charge in [0.15, 0.2) is 0 Å². The molecule has 0 aromatic heterocycles. The van der Waals surface area contributed by atoms with Gasteiger partial charge in [-0.05, 0) is 25.2 Å². The van der Waals surface area contributed by atoms with Crippen molar-refractivity contribution in [3.63, 3.8) is 0 Å². The monoisotopic (exact) mass is 298 g/mol. The Morgan fingerprint density at radius 3 is 2.25 bits per heavy atom. The SMILES string of the molecule is CC(C)C[C@@H](NC(=O)NCCCCC(F)(F)F)C(=O)O. The number of halogens is 3. The van der Waals surface area contributed by atoms with E-state index >= 15 is 0 Å². The molecule has 0 heterocycles. The number of carbonyl (C=O) groups is 2. The number of carboxylic acid groups (broad SMARTS) is 1. The lowest BCUT2D eigenvalue weighted by Gasteiger charge is -2.16. The Hall–Kier alpha value is -1.47. The van der Waals surface area contributed by atoms with E-state index in [2.05, 4.69) is 10.6 Å². The summed E-state index contributed by atoms with van der Waals surface area (Å²) in [7, 11) is 0. The molecule has 0 aromatic carbocycles. The number of hydrogen-bond acceptors (Lipinski definition) is 2. The molecule has 0 aliphatic heterocycles. The van der Waals surface area contributed by atoms with Crippen molar-refractivity contribution in [1.82, 2.24) is 10.6 Å². The van der Waals surface area contributed by atoms with Gasteiger partial charge in [-0.25, -0.2) is 9.59 Å². The van der Waals surface area contributed by atoms with Gasteiger partial charge >= 0.3 is 18.2 Å². The molecule has 5 nitrogen and oxygen atoms in total. The first-order chi connectivity index (χ1) is 9.11. The highest BCUT2D eigenvalue weighted by Gasteiger charge is 2.26. The molecule has 118 valence electrons. The van der Waals surface area contributed by atoms with Crippen molar-refractivity contribution in [2.45, 2.75) is 51.7 Å². The van der Waals surface area contributed by atoms with Crippen LogP contribution < -0.4 is 10.6 Å². The Balaban J connectivity index is 3.88. The summed E-state index contributed by atoms with van der Waals surface area (Å²) in [5.41, 5.74) is 0. The number of carboxylic acids is 1. The maximum Gasteiger partial charge on any atom is 0.389 e. The Morgan fingerprint density at radius 2 is 1.80 bits per heavy atom. The van der Waals surface area contributed by atoms with Crippen molar-refractivity contribution in [2.75, 3.05) is 6.54 Å². The third-order valence-corrected chi connectivity index (χ3v) is 2.48. The van der Waals surface area contributed by atoms with Crippen molar-refractivity contribution < 1.29 is 27.9 Å². The van der Waals surface area contributed by atoms with Gasteiger partial charge in [-0.15, -0.1) is 0 Å². The number of hydrogen-bond donors (Lipinski definition) is 3. The van der Waals surface area contributed by atoms with Crippen LogP contribution in [0.4, 0.5) is 18.0 Å². The molecule has 0 saturated heterocycles. The van der Waals surface area contributed by atoms with E-state index in [9.17, 15) is 22.8 Å². The number of aliphatic carboxylic acids is 1. The summed E-state index contributed by atoms with van der Waals surface area (Å²) in [6.45, 7) is 3.73. The molecule has 0 aliphatic rings. The fourth-order valence-electron chi connectivity index (χ4n) is 1.55. The molecule has 1 atom stereocenters. The zero-order chi connectivity index (χ0) is 15.8. The summed E-state index contributed by atoms with van der Waals surface area (Å²) < 4.78 is 35.6. The third-order valence-electron chi connectivity index (χ3n) is 2.48. The van der Waals surface area contributed by atoms with Crippen LogP contribution >= 0.6 is 0 Å². The number of alkyl halides is 3. The maximum atomic E-state index is 11.9. The minimum atomic E-state index is -4.19. The van der Waals surface area contributed by atoms with Gasteiger partial charge in [0.2, 0.25) is 0 Å². The number of rotatable bonds is 8. The molecule has 20 heavy (non-hydrogen) atoms. The molecule has 0 fully saturated rings. The highest BCUT2D eigenvalue weighted by molar-refractivity contribution is 5.82. The second-order valence-corrected chi connectivity index (χ2v) is 4.99. The molecular weight excluding hydrogens is 277 g/mol. The second-order valence-electron chi connectivity index (χ2n) is 4.99. The number of amides is 2. The molecule has 0 aromatic rings. The van der Waals surface area contributed by atoms with E-state index in [-0.39, 0.29) is 31.7 Å². The standard InChI is InChI=1S/C12H21F3N2O3/c1-8(2)7-9(10(18)19)17-11(20)16-6-4-3-5-12(13,14)15/h8-9H,3-7H2,1-2H3,(H,18,19)(H2,16,17,20)/t9-/m1/s1. The Morgan fingerprint density at radius 1 is 1.20 bits per heavy atom. The predicted octanol–water partition coefficient (Wildman–Crippen LogP) is 2.52. The van der Waals surface area contributed by atoms with Crippen molar-refractivity contribution >= 4 is 12.0 Å². The van der Waals surface area contributed by atoms with E-state index in [1.165, 1.54) is 0 Å². The van der Waals surface area contributed by atoms with Gasteiger partial charge in [-0.3, -0.25) is 0 Å². The summed E-state index contributed by atoms with van der Waals surface area (Å²) in [6.07, 6.45) is -4.67. The van der Waals surface area contributed by atoms with Gasteiger partial charge < -0.3 is 15.7 Å². The Labute approximate surface area is 115 Å². The second kappa shape index (κ2) is 8.65. The molecule has 8 heteroatoms. The van der Waals surface area contributed by atoms with Crippen molar-refractivity contribution in [2.24, 2.45) is 5.92 Å². The topological polar surface area (TPSA) is 78.4 Å². The fourth-order valence-corrected chi connectivity index (χ4v) is 1.55. The molecule has 0 radical (unpaired) electrons. The van der Waals surface area contributed by atoms with Crippen molar-refractivity contribution in [1.29, 1.82) is 0 Å². The lowest BCUT2D eigenvalue weighted by molar-refractivity contribution is -0.139. The van der Waals surface area contributed by atoms with E-state index in [1.54, 1.807) is 0 Å². The smallest absolute Gasteiger partial charge is 0.389 e. The lowest BCUT2D eigenvalue weighted by atomic mass is 10.0. The highest BCUT2D eigenvalue weighted by atomic mass is 19.4. The number of unbranched alkanes of at least 4 members (excludes halogenated alkanes) is 1. The highest BCUT2D eigenvalue weighted by Crippen LogP contribution is 2.21. The van der Waals surface area contributed by atoms with E-state index in [0.29, 0.717) is 0 Å². The van der Waals surface area contributed by atoms with Gasteiger partial charge in [0.1, 0.15) is 6.04 Å². The van der Waals surface area contributed by atoms with Gasteiger partial charge in [0.05, 0.1) is 0 Å². The average Bonchev–Trinajstić information content (AvgIpc) is 2.25. The predicted molar refractivity (Wildman–Crippen MR) is 67.3 cm³/mol. The van der Waals surface area contributed by atoms with Crippen LogP contribution in [0.3, 0.4) is 0 Å². The minimum absolute atomic E-state index is 0.0713. The molecule has 0 rings (SSSR count). The largest absolute Gasteiger partial charge is 0.480 e. The zero-order valence-electron chi connectivity index (χ0n) is 11.6. The molecule has 0 unspecified atom stereocenters. The van der Waals surface area contributed by atoms with Gasteiger partial charge in [0.25, 0.3) is 0 Å². The van der Waals surface area contributed by atoms with E-state index in [0.717, 1.165) is 0 Å². The molecule has 0 spiro atoms. The van der Waals surface area contributed by atoms with Crippen molar-refractivity contribution in [3.05, 3.63) is 0 Å². The Kier molecular flexibility index (Phi) is 8.02. The quantitative estimate of drug-likeness (QED) is 0.602. The summed E-state index contributed by atoms with van der Waals surface area (Å²) in [5.74, 6) is -1.03. The Bertz CT molecular complexity index is 320. The normalized spacial score (nSPS) is 13.1. The van der Waals surface area contributed by atoms with Crippen molar-refractivity contribution in [3.8, 4) is 0 Å². The van der Waals surface area contributed by atoms with Crippen LogP contribution in [0.1, 0.15) is 39.5 Å². The van der Waals surface area contributed by atoms with Gasteiger partial charge in [-0.1, -0.05) is 13.8 Å². The zero-order valence-corrected chi connectivity index (χ0v) is 11.6. The van der Waals surface area contributed by atoms with Crippen LogP contribution in [0.15, 0.2) is 0 Å². The van der Waals surface area contributed by atoms with Crippen LogP contribution in [0, 0.1) is 5.92 Å². The molecule has 0 bridgehead atoms. The van der Waals surface area contributed by atoms with Crippen LogP contribution in [0.2, 0.25) is 0 Å². The van der Waals surface area contributed by atoms with Gasteiger partial charge in [0, 0.05) is 13.0 Å². The van der Waals surface area contributed by atoms with Crippen LogP contribution in [0.5, 0.6) is 0 Å². The third kappa shape index (κ3) is 10.5. The molecular formula is C12H21F3N2O3. The first kappa shape index (κ1) is 18.5. The minimum Gasteiger partial charge on any atom is -0.480 e. The van der Waals surface area contributed by atoms with E-state index < -0.39 is 30.6 Å². The summed E-state index contributed by atoms with van der Waals surface area (Å²) in [5, 5.41) is 13.5. The van der Waals surface area contributed by atoms with Crippen LogP contribution in [0.25, 0.3) is 0 Å². The van der Waals surface area contributed by atoms with E-state index in [4.69, 9.17) is 5.11 Å². The number of urea groups is 1. The number of carbonyl (C=O) groups excluding carboxylic acids is 1. The summed E-state index contributed by atoms with van der Waals surface area (Å²) in [6, 6.07) is -1.67. The number of nitrogens with one attached hydrogen (secondary N) is 2. The molecule has 0 saturated carbocycles. The summed E-state index contributed by atoms with van der Waals surface area (Å²) in [4.78, 5) is 22.3. The first-order valence-electron chi connectivity index (χ1n) is 6.45. The average molecular weight is 298 g/mol. The molecule has 3 N–H and O–H groups in total. The first-order valence-corrected chi connectivity index (χ1v) is 6.45. The fraction of sp³-hybridized carbons (Fsp3) is 0.833. The van der Waals surface area contributed by atoms with Gasteiger partial charge in [-0.2, -0.15) is 13.2 Å². The van der Waals surface area contributed by atoms with Crippen LogP contribution in [-0.4, -0.2) is 35.9 Å². The van der Waals surface area contributed by atoms with Crippen LogP contribution in [-0.2, 0) is 4.79 Å². The summed E-state index contributed by atoms with van der Waals surface area (Å²) >= 11 is 0. The maximum absolute atomic E-state index is 11.9. The van der Waals surface area contributed by atoms with E-state index in [1.807, 2.05) is 13.8 Å². The molecule has 0 aliphatic carbocycles. The lowest BCUT2D eigenvalue weighted by Crippen LogP contribution is -2.46.